The van der Waals surface area contributed by atoms with Crippen LogP contribution in [0.3, 0.4) is 0 Å². The Morgan fingerprint density at radius 2 is 1.75 bits per heavy atom. The highest BCUT2D eigenvalue weighted by Crippen LogP contribution is 2.64. The van der Waals surface area contributed by atoms with Gasteiger partial charge in [0.2, 0.25) is 0 Å². The molecule has 1 aromatic rings. The minimum Gasteiger partial charge on any atom is -0.501 e. The Bertz CT molecular complexity index is 1920. The molecule has 0 radical (unpaired) electrons. The van der Waals surface area contributed by atoms with Crippen molar-refractivity contribution >= 4 is 29.8 Å². The topological polar surface area (TPSA) is 223 Å². The average molecular weight is 842 g/mol. The Morgan fingerprint density at radius 3 is 2.32 bits per heavy atom. The molecule has 0 aromatic heterocycles. The van der Waals surface area contributed by atoms with Gasteiger partial charge in [-0.25, -0.2) is 9.59 Å². The predicted octanol–water partition coefficient (Wildman–Crippen LogP) is 3.51. The lowest BCUT2D eigenvalue weighted by atomic mass is 9.44. The van der Waals surface area contributed by atoms with Crippen LogP contribution >= 0.6 is 0 Å². The number of benzene rings is 1. The number of amides is 1. The molecule has 2 heterocycles. The summed E-state index contributed by atoms with van der Waals surface area (Å²) in [5.41, 5.74) is -6.66. The molecule has 3 fully saturated rings. The molecular weight excluding hydrogens is 782 g/mol. The molecule has 0 spiro atoms. The Kier molecular flexibility index (Phi) is 12.4. The molecule has 0 unspecified atom stereocenters. The fraction of sp³-hybridized carbons (Fsp3) is 0.659. The van der Waals surface area contributed by atoms with Gasteiger partial charge in [0, 0.05) is 43.9 Å². The molecule has 1 amide bonds. The number of esters is 3. The van der Waals surface area contributed by atoms with Crippen LogP contribution in [0.15, 0.2) is 53.3 Å². The third kappa shape index (κ3) is 7.85. The predicted molar refractivity (Wildman–Crippen MR) is 210 cm³/mol. The van der Waals surface area contributed by atoms with Crippen LogP contribution in [-0.2, 0) is 58.9 Å². The first-order valence-corrected chi connectivity index (χ1v) is 20.5. The molecule has 3 aliphatic carbocycles. The molecule has 330 valence electrons. The Balaban J connectivity index is 1.49. The zero-order chi connectivity index (χ0) is 44.2. The third-order valence-corrected chi connectivity index (χ3v) is 13.1. The van der Waals surface area contributed by atoms with Gasteiger partial charge in [0.05, 0.1) is 43.6 Å². The van der Waals surface area contributed by atoms with Crippen molar-refractivity contribution in [1.82, 2.24) is 5.32 Å². The maximum absolute atomic E-state index is 15.4. The van der Waals surface area contributed by atoms with Gasteiger partial charge in [-0.3, -0.25) is 14.4 Å². The van der Waals surface area contributed by atoms with E-state index in [1.807, 2.05) is 18.2 Å². The summed E-state index contributed by atoms with van der Waals surface area (Å²) in [5.74, 6) is -4.62. The van der Waals surface area contributed by atoms with Gasteiger partial charge in [-0.1, -0.05) is 51.1 Å². The van der Waals surface area contributed by atoms with Gasteiger partial charge in [-0.05, 0) is 56.9 Å². The zero-order valence-electron chi connectivity index (χ0n) is 35.8. The van der Waals surface area contributed by atoms with E-state index in [0.717, 1.165) is 0 Å². The minimum atomic E-state index is -2.15. The fourth-order valence-corrected chi connectivity index (χ4v) is 10.0. The molecule has 5 aliphatic rings. The summed E-state index contributed by atoms with van der Waals surface area (Å²) in [6, 6.07) is 7.73. The number of alkyl carbamates (subject to hydrolysis) is 1. The van der Waals surface area contributed by atoms with Crippen LogP contribution in [-0.4, -0.2) is 118 Å². The first kappa shape index (κ1) is 45.2. The Labute approximate surface area is 349 Å². The lowest BCUT2D eigenvalue weighted by molar-refractivity contribution is -0.352. The van der Waals surface area contributed by atoms with Gasteiger partial charge in [-0.15, -0.1) is 0 Å². The number of carbonyl (C=O) groups excluding carboxylic acids is 5. The number of hydrogen-bond donors (Lipinski definition) is 4. The minimum absolute atomic E-state index is 0.0267. The second-order valence-corrected chi connectivity index (χ2v) is 18.3. The monoisotopic (exact) mass is 841 g/mol. The molecule has 2 bridgehead atoms. The summed E-state index contributed by atoms with van der Waals surface area (Å²) >= 11 is 0. The zero-order valence-corrected chi connectivity index (χ0v) is 35.8. The number of nitrogens with one attached hydrogen (secondary N) is 1. The van der Waals surface area contributed by atoms with Crippen molar-refractivity contribution in [2.45, 2.75) is 154 Å². The molecule has 16 nitrogen and oxygen atoms in total. The maximum atomic E-state index is 15.4. The van der Waals surface area contributed by atoms with E-state index in [-0.39, 0.29) is 50.2 Å². The van der Waals surface area contributed by atoms with Crippen LogP contribution < -0.4 is 5.32 Å². The highest BCUT2D eigenvalue weighted by molar-refractivity contribution is 5.94. The number of carbonyl (C=O) groups is 5. The van der Waals surface area contributed by atoms with Crippen molar-refractivity contribution in [3.8, 4) is 0 Å². The van der Waals surface area contributed by atoms with E-state index in [0.29, 0.717) is 11.1 Å². The molecule has 1 aromatic carbocycles. The first-order chi connectivity index (χ1) is 28.0. The summed E-state index contributed by atoms with van der Waals surface area (Å²) in [7, 11) is 0. The summed E-state index contributed by atoms with van der Waals surface area (Å²) in [6.45, 7) is 14.1. The van der Waals surface area contributed by atoms with Gasteiger partial charge in [0.1, 0.15) is 35.6 Å². The number of fused-ring (bicyclic) bond motifs is 5. The normalized spacial score (nSPS) is 34.1. The Morgan fingerprint density at radius 1 is 1.07 bits per heavy atom. The lowest BCUT2D eigenvalue weighted by Crippen LogP contribution is -2.82. The van der Waals surface area contributed by atoms with Crippen LogP contribution in [0.2, 0.25) is 0 Å². The van der Waals surface area contributed by atoms with Crippen molar-refractivity contribution in [3.63, 3.8) is 0 Å². The van der Waals surface area contributed by atoms with E-state index in [2.05, 4.69) is 5.32 Å². The summed E-state index contributed by atoms with van der Waals surface area (Å²) in [6.07, 6.45) is -8.66. The van der Waals surface area contributed by atoms with Crippen LogP contribution in [0.25, 0.3) is 0 Å². The van der Waals surface area contributed by atoms with Crippen LogP contribution in [0.5, 0.6) is 0 Å². The quantitative estimate of drug-likeness (QED) is 0.142. The number of rotatable bonds is 11. The van der Waals surface area contributed by atoms with Gasteiger partial charge >= 0.3 is 24.0 Å². The van der Waals surface area contributed by atoms with Crippen molar-refractivity contribution in [2.75, 3.05) is 13.2 Å². The lowest BCUT2D eigenvalue weighted by Gasteiger charge is -2.68. The van der Waals surface area contributed by atoms with E-state index < -0.39 is 112 Å². The summed E-state index contributed by atoms with van der Waals surface area (Å²) < 4.78 is 41.8. The van der Waals surface area contributed by atoms with Gasteiger partial charge in [-0.2, -0.15) is 0 Å². The fourth-order valence-electron chi connectivity index (χ4n) is 10.0. The van der Waals surface area contributed by atoms with Gasteiger partial charge < -0.3 is 53.8 Å². The second-order valence-electron chi connectivity index (χ2n) is 18.3. The molecular formula is C44H59NO15. The van der Waals surface area contributed by atoms with E-state index in [9.17, 15) is 34.5 Å². The SMILES string of the molecule is CCC(=O)O[C@H]1C[C@H]2OC[C@@]2(OC(C)=O)[C@H]2[C@H](OCc3ccccc3)[C@]3(O)C[C@H](OC(=O)[C@H](O)[C@@H](NC(=O)OC(C)(C)C)C4=COCC4)C(C)=C([C@@H](O)C(=O)[C@]12C)C3(C)C. The number of aliphatic hydroxyl groups excluding tert-OH is 2. The van der Waals surface area contributed by atoms with Crippen LogP contribution in [0.1, 0.15) is 93.6 Å². The number of hydrogen-bond acceptors (Lipinski definition) is 15. The molecule has 60 heavy (non-hydrogen) atoms. The van der Waals surface area contributed by atoms with E-state index in [1.54, 1.807) is 60.6 Å². The number of ether oxygens (including phenoxy) is 7. The second kappa shape index (κ2) is 16.5. The van der Waals surface area contributed by atoms with Crippen molar-refractivity contribution in [1.29, 1.82) is 0 Å². The largest absolute Gasteiger partial charge is 0.501 e. The highest BCUT2D eigenvalue weighted by atomic mass is 16.6. The van der Waals surface area contributed by atoms with Crippen molar-refractivity contribution in [3.05, 3.63) is 58.9 Å². The molecule has 6 rings (SSSR count). The number of aliphatic hydroxyl groups is 3. The van der Waals surface area contributed by atoms with E-state index >= 15 is 4.79 Å². The van der Waals surface area contributed by atoms with Crippen molar-refractivity contribution in [2.24, 2.45) is 16.7 Å². The smallest absolute Gasteiger partial charge is 0.408 e. The number of Topliss-reactive ketones (excluding diaryl/α,β-unsaturated/α-hetero) is 1. The number of ketones is 1. The average Bonchev–Trinajstić information content (AvgIpc) is 3.70. The Hall–Kier alpha value is -4.35. The molecule has 11 atom stereocenters. The highest BCUT2D eigenvalue weighted by Gasteiger charge is 2.78. The third-order valence-electron chi connectivity index (χ3n) is 13.1. The van der Waals surface area contributed by atoms with Gasteiger partial charge in [0.25, 0.3) is 0 Å². The molecule has 4 N–H and O–H groups in total. The molecule has 16 heteroatoms. The maximum Gasteiger partial charge on any atom is 0.408 e. The van der Waals surface area contributed by atoms with Crippen LogP contribution in [0.4, 0.5) is 4.79 Å². The molecule has 1 saturated heterocycles. The molecule has 2 aliphatic heterocycles. The summed E-state index contributed by atoms with van der Waals surface area (Å²) in [5, 5.41) is 40.2. The van der Waals surface area contributed by atoms with Crippen LogP contribution in [0, 0.1) is 16.7 Å². The first-order valence-electron chi connectivity index (χ1n) is 20.5. The van der Waals surface area contributed by atoms with Gasteiger partial charge in [0.15, 0.2) is 17.5 Å². The summed E-state index contributed by atoms with van der Waals surface area (Å²) in [4.78, 5) is 68.4. The van der Waals surface area contributed by atoms with E-state index in [4.69, 9.17) is 33.2 Å². The van der Waals surface area contributed by atoms with Crippen molar-refractivity contribution < 1.29 is 72.5 Å². The standard InChI is InChI=1S/C44H59NO15/c1-10-30(47)58-28-18-29-43(22-56-29,59-24(3)46)35-37(55-20-25-14-12-11-13-15-25)44(53)19-27(23(2)31(41(44,7)8)33(48)36(50)42(28,35)9)57-38(51)34(49)32(26-16-17-54-21-26)45-39(52)60-40(4,5)6/h11-15,21,27-29,32-35,37,48-49,53H,10,16-20,22H2,1-9H3,(H,45,52)/t27-,28-,29+,32-,33+,34+,35-,37-,42+,43-,44+/m0/s1. The molecule has 2 saturated carbocycles. The van der Waals surface area contributed by atoms with E-state index in [1.165, 1.54) is 20.1 Å².